The van der Waals surface area contributed by atoms with Gasteiger partial charge in [0, 0.05) is 35.2 Å². The average Bonchev–Trinajstić information content (AvgIpc) is 3.51. The van der Waals surface area contributed by atoms with Gasteiger partial charge < -0.3 is 4.57 Å². The number of fused-ring (bicyclic) bond motifs is 1. The standard InChI is InChI=1S/C25H28F4N2O2S/c1-15(30-34(32,33)16-9-10-16)20-13-31(14-24(2,3)4)23-12-18(22(26)11-19(20)23)17-7-5-6-8-21(17)25(27,28)29/h5-8,11-13,15-16,30H,9-10,14H2,1-4H3/t15-/m1/s1. The second-order valence-corrected chi connectivity index (χ2v) is 12.2. The Labute approximate surface area is 197 Å². The van der Waals surface area contributed by atoms with Gasteiger partial charge in [0.15, 0.2) is 0 Å². The van der Waals surface area contributed by atoms with Crippen LogP contribution in [-0.4, -0.2) is 18.2 Å². The van der Waals surface area contributed by atoms with Crippen molar-refractivity contribution < 1.29 is 26.0 Å². The molecule has 3 aromatic rings. The fraction of sp³-hybridized carbons (Fsp3) is 0.440. The van der Waals surface area contributed by atoms with Crippen LogP contribution >= 0.6 is 0 Å². The second-order valence-electron chi connectivity index (χ2n) is 10.2. The third-order valence-electron chi connectivity index (χ3n) is 5.94. The summed E-state index contributed by atoms with van der Waals surface area (Å²) in [5.41, 5.74) is -0.339. The highest BCUT2D eigenvalue weighted by Crippen LogP contribution is 2.40. The molecule has 0 unspecified atom stereocenters. The predicted molar refractivity (Wildman–Crippen MR) is 125 cm³/mol. The molecule has 4 rings (SSSR count). The van der Waals surface area contributed by atoms with E-state index >= 15 is 4.39 Å². The van der Waals surface area contributed by atoms with E-state index in [9.17, 15) is 21.6 Å². The van der Waals surface area contributed by atoms with Crippen molar-refractivity contribution in [3.63, 3.8) is 0 Å². The number of halogens is 4. The molecule has 2 aromatic carbocycles. The molecule has 0 aliphatic heterocycles. The van der Waals surface area contributed by atoms with Crippen molar-refractivity contribution in [2.45, 2.75) is 64.5 Å². The Morgan fingerprint density at radius 3 is 2.32 bits per heavy atom. The van der Waals surface area contributed by atoms with Crippen molar-refractivity contribution in [3.05, 3.63) is 59.5 Å². The van der Waals surface area contributed by atoms with Crippen LogP contribution in [0.1, 0.15) is 57.7 Å². The maximum atomic E-state index is 15.3. The summed E-state index contributed by atoms with van der Waals surface area (Å²) in [5, 5.41) is 0.0704. The monoisotopic (exact) mass is 496 g/mol. The zero-order chi connectivity index (χ0) is 25.1. The molecule has 1 N–H and O–H groups in total. The third-order valence-corrected chi connectivity index (χ3v) is 7.97. The molecule has 0 radical (unpaired) electrons. The smallest absolute Gasteiger partial charge is 0.347 e. The van der Waals surface area contributed by atoms with Gasteiger partial charge in [-0.3, -0.25) is 0 Å². The molecule has 0 spiro atoms. The van der Waals surface area contributed by atoms with Gasteiger partial charge in [-0.2, -0.15) is 13.2 Å². The van der Waals surface area contributed by atoms with Crippen molar-refractivity contribution in [1.82, 2.24) is 9.29 Å². The number of sulfonamides is 1. The summed E-state index contributed by atoms with van der Waals surface area (Å²) in [7, 11) is -3.49. The van der Waals surface area contributed by atoms with Crippen LogP contribution in [0.5, 0.6) is 0 Å². The van der Waals surface area contributed by atoms with Crippen LogP contribution in [0.3, 0.4) is 0 Å². The summed E-state index contributed by atoms with van der Waals surface area (Å²) in [4.78, 5) is 0. The minimum Gasteiger partial charge on any atom is -0.347 e. The van der Waals surface area contributed by atoms with Crippen LogP contribution in [0.2, 0.25) is 0 Å². The Kier molecular flexibility index (Phi) is 6.09. The van der Waals surface area contributed by atoms with Crippen LogP contribution in [0.25, 0.3) is 22.0 Å². The van der Waals surface area contributed by atoms with E-state index in [1.807, 2.05) is 25.3 Å². The third kappa shape index (κ3) is 5.00. The minimum absolute atomic E-state index is 0.147. The Morgan fingerprint density at radius 2 is 1.74 bits per heavy atom. The van der Waals surface area contributed by atoms with Gasteiger partial charge in [-0.1, -0.05) is 39.0 Å². The van der Waals surface area contributed by atoms with E-state index in [0.29, 0.717) is 35.9 Å². The molecule has 1 aliphatic rings. The molecular formula is C25H28F4N2O2S. The first kappa shape index (κ1) is 24.7. The summed E-state index contributed by atoms with van der Waals surface area (Å²) >= 11 is 0. The number of hydrogen-bond acceptors (Lipinski definition) is 2. The maximum Gasteiger partial charge on any atom is 0.417 e. The van der Waals surface area contributed by atoms with Crippen molar-refractivity contribution in [2.75, 3.05) is 0 Å². The number of nitrogens with one attached hydrogen (secondary N) is 1. The molecule has 9 heteroatoms. The van der Waals surface area contributed by atoms with Crippen molar-refractivity contribution >= 4 is 20.9 Å². The van der Waals surface area contributed by atoms with Gasteiger partial charge in [0.1, 0.15) is 5.82 Å². The number of nitrogens with zero attached hydrogens (tertiary/aromatic N) is 1. The fourth-order valence-corrected chi connectivity index (χ4v) is 5.85. The lowest BCUT2D eigenvalue weighted by atomic mass is 9.96. The lowest BCUT2D eigenvalue weighted by molar-refractivity contribution is -0.137. The molecule has 1 atom stereocenters. The zero-order valence-corrected chi connectivity index (χ0v) is 20.3. The molecule has 0 amide bonds. The van der Waals surface area contributed by atoms with Crippen LogP contribution in [0.4, 0.5) is 17.6 Å². The summed E-state index contributed by atoms with van der Waals surface area (Å²) in [6, 6.07) is 6.95. The molecule has 1 aliphatic carbocycles. The van der Waals surface area contributed by atoms with Gasteiger partial charge in [0.05, 0.1) is 10.8 Å². The number of benzene rings is 2. The molecule has 0 saturated heterocycles. The van der Waals surface area contributed by atoms with Crippen LogP contribution < -0.4 is 4.72 Å². The number of hydrogen-bond donors (Lipinski definition) is 1. The van der Waals surface area contributed by atoms with E-state index in [1.165, 1.54) is 30.3 Å². The normalized spacial score (nSPS) is 16.2. The summed E-state index contributed by atoms with van der Waals surface area (Å²) in [5.74, 6) is -0.795. The number of rotatable bonds is 6. The lowest BCUT2D eigenvalue weighted by Gasteiger charge is -2.20. The van der Waals surface area contributed by atoms with Gasteiger partial charge in [-0.05, 0) is 54.5 Å². The summed E-state index contributed by atoms with van der Waals surface area (Å²) in [6.45, 7) is 8.25. The van der Waals surface area contributed by atoms with E-state index < -0.39 is 38.9 Å². The van der Waals surface area contributed by atoms with Crippen molar-refractivity contribution in [3.8, 4) is 11.1 Å². The van der Waals surface area contributed by atoms with Crippen LogP contribution in [-0.2, 0) is 22.7 Å². The van der Waals surface area contributed by atoms with Gasteiger partial charge in [0.2, 0.25) is 10.0 Å². The first-order chi connectivity index (χ1) is 15.7. The highest BCUT2D eigenvalue weighted by Gasteiger charge is 2.37. The maximum absolute atomic E-state index is 15.3. The van der Waals surface area contributed by atoms with Crippen molar-refractivity contribution in [1.29, 1.82) is 0 Å². The lowest BCUT2D eigenvalue weighted by Crippen LogP contribution is -2.29. The van der Waals surface area contributed by atoms with E-state index in [1.54, 1.807) is 13.1 Å². The number of aromatic nitrogens is 1. The molecule has 1 heterocycles. The molecule has 184 valence electrons. The summed E-state index contributed by atoms with van der Waals surface area (Å²) in [6.07, 6.45) is -1.63. The molecule has 4 nitrogen and oxygen atoms in total. The van der Waals surface area contributed by atoms with Gasteiger partial charge in [0.25, 0.3) is 0 Å². The van der Waals surface area contributed by atoms with Gasteiger partial charge >= 0.3 is 6.18 Å². The highest BCUT2D eigenvalue weighted by atomic mass is 32.2. The Morgan fingerprint density at radius 1 is 1.09 bits per heavy atom. The Bertz CT molecular complexity index is 1330. The molecular weight excluding hydrogens is 468 g/mol. The summed E-state index contributed by atoms with van der Waals surface area (Å²) < 4.78 is 85.7. The average molecular weight is 497 g/mol. The second kappa shape index (κ2) is 8.37. The SMILES string of the molecule is C[C@@H](NS(=O)(=O)C1CC1)c1cn(CC(C)(C)C)c2cc(-c3ccccc3C(F)(F)F)c(F)cc12. The van der Waals surface area contributed by atoms with E-state index in [4.69, 9.17) is 0 Å². The molecule has 1 saturated carbocycles. The zero-order valence-electron chi connectivity index (χ0n) is 19.5. The first-order valence-electron chi connectivity index (χ1n) is 11.2. The highest BCUT2D eigenvalue weighted by molar-refractivity contribution is 7.90. The minimum atomic E-state index is -4.63. The van der Waals surface area contributed by atoms with E-state index in [0.717, 1.165) is 6.07 Å². The van der Waals surface area contributed by atoms with Gasteiger partial charge in [-0.25, -0.2) is 17.5 Å². The largest absolute Gasteiger partial charge is 0.417 e. The topological polar surface area (TPSA) is 51.1 Å². The predicted octanol–water partition coefficient (Wildman–Crippen LogP) is 6.66. The quantitative estimate of drug-likeness (QED) is 0.388. The van der Waals surface area contributed by atoms with E-state index in [-0.39, 0.29) is 16.5 Å². The van der Waals surface area contributed by atoms with Crippen LogP contribution in [0, 0.1) is 11.2 Å². The molecule has 1 aromatic heterocycles. The van der Waals surface area contributed by atoms with E-state index in [2.05, 4.69) is 4.72 Å². The number of alkyl halides is 3. The molecule has 34 heavy (non-hydrogen) atoms. The van der Waals surface area contributed by atoms with Crippen molar-refractivity contribution in [2.24, 2.45) is 5.41 Å². The Balaban J connectivity index is 1.89. The molecule has 0 bridgehead atoms. The van der Waals surface area contributed by atoms with Gasteiger partial charge in [-0.15, -0.1) is 0 Å². The molecule has 1 fully saturated rings. The Hall–Kier alpha value is -2.39. The van der Waals surface area contributed by atoms with Crippen LogP contribution in [0.15, 0.2) is 42.6 Å². The first-order valence-corrected chi connectivity index (χ1v) is 12.7. The fourth-order valence-electron chi connectivity index (χ4n) is 4.28.